The Labute approximate surface area is 183 Å². The van der Waals surface area contributed by atoms with Crippen LogP contribution in [0.3, 0.4) is 0 Å². The molecule has 0 saturated carbocycles. The zero-order valence-corrected chi connectivity index (χ0v) is 18.1. The fourth-order valence-corrected chi connectivity index (χ4v) is 3.12. The second kappa shape index (κ2) is 11.8. The molecule has 1 amide bonds. The predicted octanol–water partition coefficient (Wildman–Crippen LogP) is 3.11. The van der Waals surface area contributed by atoms with Gasteiger partial charge >= 0.3 is 0 Å². The first-order valence-electron chi connectivity index (χ1n) is 8.97. The Kier molecular flexibility index (Phi) is 10.2. The summed E-state index contributed by atoms with van der Waals surface area (Å²) in [5, 5.41) is 6.22. The van der Waals surface area contributed by atoms with E-state index >= 15 is 0 Å². The molecule has 1 aromatic carbocycles. The van der Waals surface area contributed by atoms with Crippen molar-refractivity contribution in [2.45, 2.75) is 25.0 Å². The van der Waals surface area contributed by atoms with E-state index < -0.39 is 5.60 Å². The zero-order valence-electron chi connectivity index (χ0n) is 16.5. The first-order valence-corrected chi connectivity index (χ1v) is 8.97. The molecule has 2 aromatic rings. The zero-order chi connectivity index (χ0) is 19.1. The number of halogens is 2. The van der Waals surface area contributed by atoms with E-state index in [-0.39, 0.29) is 30.7 Å². The fraction of sp³-hybridized carbons (Fsp3) is 0.400. The number of amides is 1. The van der Waals surface area contributed by atoms with E-state index in [9.17, 15) is 4.79 Å². The second-order valence-corrected chi connectivity index (χ2v) is 6.38. The van der Waals surface area contributed by atoms with Crippen molar-refractivity contribution in [2.75, 3.05) is 27.3 Å². The molecule has 9 heteroatoms. The van der Waals surface area contributed by atoms with Crippen LogP contribution in [-0.4, -0.2) is 43.8 Å². The van der Waals surface area contributed by atoms with Gasteiger partial charge in [-0.2, -0.15) is 0 Å². The van der Waals surface area contributed by atoms with Gasteiger partial charge in [-0.05, 0) is 44.1 Å². The number of carbonyl (C=O) groups is 1. The number of nitrogens with one attached hydrogen (secondary N) is 2. The van der Waals surface area contributed by atoms with E-state index in [0.717, 1.165) is 18.7 Å². The Bertz CT molecular complexity index is 786. The van der Waals surface area contributed by atoms with Gasteiger partial charge in [0.25, 0.3) is 5.91 Å². The highest BCUT2D eigenvalue weighted by molar-refractivity contribution is 5.86. The number of pyridine rings is 1. The summed E-state index contributed by atoms with van der Waals surface area (Å²) in [6, 6.07) is 11.0. The second-order valence-electron chi connectivity index (χ2n) is 6.38. The van der Waals surface area contributed by atoms with Gasteiger partial charge in [0.05, 0.1) is 7.11 Å². The Balaban J connectivity index is 0.00000210. The summed E-state index contributed by atoms with van der Waals surface area (Å²) in [5.74, 6) is 1.66. The first-order chi connectivity index (χ1) is 13.2. The van der Waals surface area contributed by atoms with E-state index in [4.69, 9.17) is 14.2 Å². The van der Waals surface area contributed by atoms with Crippen LogP contribution < -0.4 is 20.1 Å². The molecule has 3 rings (SSSR count). The van der Waals surface area contributed by atoms with Crippen molar-refractivity contribution in [3.8, 4) is 17.4 Å². The smallest absolute Gasteiger partial charge is 0.252 e. The molecule has 2 heterocycles. The molecule has 0 radical (unpaired) electrons. The number of aromatic nitrogens is 1. The van der Waals surface area contributed by atoms with Crippen molar-refractivity contribution in [3.05, 3.63) is 48.2 Å². The number of benzene rings is 1. The summed E-state index contributed by atoms with van der Waals surface area (Å²) in [7, 11) is 3.19. The number of hydrogen-bond donors (Lipinski definition) is 2. The maximum Gasteiger partial charge on any atom is 0.252 e. The van der Waals surface area contributed by atoms with Crippen LogP contribution in [0.5, 0.6) is 17.4 Å². The van der Waals surface area contributed by atoms with Gasteiger partial charge in [0, 0.05) is 31.5 Å². The quantitative estimate of drug-likeness (QED) is 0.683. The summed E-state index contributed by atoms with van der Waals surface area (Å²) < 4.78 is 16.7. The van der Waals surface area contributed by atoms with Gasteiger partial charge in [-0.3, -0.25) is 4.79 Å². The summed E-state index contributed by atoms with van der Waals surface area (Å²) in [6.45, 7) is 1.83. The van der Waals surface area contributed by atoms with E-state index in [0.29, 0.717) is 36.8 Å². The highest BCUT2D eigenvalue weighted by Gasteiger charge is 2.39. The Morgan fingerprint density at radius 3 is 2.55 bits per heavy atom. The summed E-state index contributed by atoms with van der Waals surface area (Å²) in [6.07, 6.45) is 2.95. The average molecular weight is 444 g/mol. The van der Waals surface area contributed by atoms with Crippen molar-refractivity contribution >= 4 is 30.7 Å². The average Bonchev–Trinajstić information content (AvgIpc) is 2.73. The van der Waals surface area contributed by atoms with Crippen LogP contribution in [0.1, 0.15) is 18.4 Å². The third-order valence-electron chi connectivity index (χ3n) is 4.76. The van der Waals surface area contributed by atoms with Crippen molar-refractivity contribution in [1.82, 2.24) is 15.6 Å². The number of ether oxygens (including phenoxy) is 3. The van der Waals surface area contributed by atoms with Gasteiger partial charge in [0.15, 0.2) is 0 Å². The van der Waals surface area contributed by atoms with E-state index in [1.54, 1.807) is 26.5 Å². The van der Waals surface area contributed by atoms with Gasteiger partial charge in [-0.15, -0.1) is 24.8 Å². The third-order valence-corrected chi connectivity index (χ3v) is 4.76. The van der Waals surface area contributed by atoms with Crippen LogP contribution in [0, 0.1) is 0 Å². The minimum atomic E-state index is -0.777. The largest absolute Gasteiger partial charge is 0.497 e. The van der Waals surface area contributed by atoms with Gasteiger partial charge in [-0.25, -0.2) is 4.98 Å². The fourth-order valence-electron chi connectivity index (χ4n) is 3.12. The molecule has 160 valence electrons. The van der Waals surface area contributed by atoms with Crippen molar-refractivity contribution < 1.29 is 19.0 Å². The van der Waals surface area contributed by atoms with Crippen LogP contribution in [0.2, 0.25) is 0 Å². The Hall–Kier alpha value is -2.06. The lowest BCUT2D eigenvalue weighted by molar-refractivity contribution is -0.146. The molecule has 7 nitrogen and oxygen atoms in total. The van der Waals surface area contributed by atoms with Crippen LogP contribution in [0.4, 0.5) is 0 Å². The number of carbonyl (C=O) groups excluding carboxylic acids is 1. The molecule has 0 atom stereocenters. The van der Waals surface area contributed by atoms with Gasteiger partial charge in [0.2, 0.25) is 5.88 Å². The molecular weight excluding hydrogens is 417 g/mol. The number of nitrogens with zero attached hydrogens (tertiary/aromatic N) is 1. The Morgan fingerprint density at radius 1 is 1.14 bits per heavy atom. The molecule has 0 bridgehead atoms. The topological polar surface area (TPSA) is 81.7 Å². The summed E-state index contributed by atoms with van der Waals surface area (Å²) in [4.78, 5) is 17.0. The number of hydrogen-bond acceptors (Lipinski definition) is 6. The molecule has 1 aromatic heterocycles. The minimum absolute atomic E-state index is 0. The number of rotatable bonds is 7. The predicted molar refractivity (Wildman–Crippen MR) is 115 cm³/mol. The van der Waals surface area contributed by atoms with Gasteiger partial charge < -0.3 is 24.8 Å². The molecule has 1 saturated heterocycles. The standard InChI is InChI=1S/C20H25N3O4.2ClH/c1-25-16-6-3-7-17(13-16)27-18-15(5-4-10-22-18)14-23-19(24)20(26-2)8-11-21-12-9-20;;/h3-7,10,13,21H,8-9,11-12,14H2,1-2H3,(H,23,24);2*1H. The number of methoxy groups -OCH3 is 2. The van der Waals surface area contributed by atoms with Crippen LogP contribution in [0.15, 0.2) is 42.6 Å². The highest BCUT2D eigenvalue weighted by Crippen LogP contribution is 2.27. The van der Waals surface area contributed by atoms with E-state index in [2.05, 4.69) is 15.6 Å². The molecule has 1 aliphatic heterocycles. The van der Waals surface area contributed by atoms with E-state index in [1.807, 2.05) is 30.3 Å². The Morgan fingerprint density at radius 2 is 1.86 bits per heavy atom. The highest BCUT2D eigenvalue weighted by atomic mass is 35.5. The molecule has 0 spiro atoms. The van der Waals surface area contributed by atoms with Crippen molar-refractivity contribution in [2.24, 2.45) is 0 Å². The summed E-state index contributed by atoms with van der Waals surface area (Å²) in [5.41, 5.74) is 0.00947. The third kappa shape index (κ3) is 6.21. The number of piperidine rings is 1. The molecule has 1 fully saturated rings. The summed E-state index contributed by atoms with van der Waals surface area (Å²) >= 11 is 0. The minimum Gasteiger partial charge on any atom is -0.497 e. The van der Waals surface area contributed by atoms with Crippen LogP contribution >= 0.6 is 24.8 Å². The maximum absolute atomic E-state index is 12.7. The van der Waals surface area contributed by atoms with Gasteiger partial charge in [0.1, 0.15) is 17.1 Å². The molecule has 1 aliphatic rings. The monoisotopic (exact) mass is 443 g/mol. The van der Waals surface area contributed by atoms with Crippen molar-refractivity contribution in [3.63, 3.8) is 0 Å². The van der Waals surface area contributed by atoms with Crippen LogP contribution in [-0.2, 0) is 16.1 Å². The lowest BCUT2D eigenvalue weighted by atomic mass is 9.91. The normalized spacial score (nSPS) is 14.7. The van der Waals surface area contributed by atoms with Crippen molar-refractivity contribution in [1.29, 1.82) is 0 Å². The van der Waals surface area contributed by atoms with Crippen LogP contribution in [0.25, 0.3) is 0 Å². The molecular formula is C20H27Cl2N3O4. The lowest BCUT2D eigenvalue weighted by Gasteiger charge is -2.34. The molecule has 29 heavy (non-hydrogen) atoms. The van der Waals surface area contributed by atoms with E-state index in [1.165, 1.54) is 0 Å². The first kappa shape index (κ1) is 25.0. The molecule has 0 aliphatic carbocycles. The lowest BCUT2D eigenvalue weighted by Crippen LogP contribution is -2.53. The van der Waals surface area contributed by atoms with Gasteiger partial charge in [-0.1, -0.05) is 12.1 Å². The molecule has 2 N–H and O–H groups in total. The molecule has 0 unspecified atom stereocenters. The maximum atomic E-state index is 12.7. The SMILES string of the molecule is COc1cccc(Oc2ncccc2CNC(=O)C2(OC)CCNCC2)c1.Cl.Cl.